The maximum absolute atomic E-state index is 4.56. The van der Waals surface area contributed by atoms with Crippen LogP contribution in [0.2, 0.25) is 0 Å². The van der Waals surface area contributed by atoms with E-state index >= 15 is 0 Å². The maximum Gasteiger partial charge on any atom is 0.143 e. The highest BCUT2D eigenvalue weighted by Gasteiger charge is 2.25. The lowest BCUT2D eigenvalue weighted by molar-refractivity contribution is 0.375. The van der Waals surface area contributed by atoms with E-state index < -0.39 is 0 Å². The van der Waals surface area contributed by atoms with E-state index in [1.807, 2.05) is 6.20 Å². The number of nitrogens with zero attached hydrogens (tertiary/aromatic N) is 2. The third-order valence-corrected chi connectivity index (χ3v) is 3.95. The second kappa shape index (κ2) is 4.74. The van der Waals surface area contributed by atoms with Crippen LogP contribution in [0.25, 0.3) is 0 Å². The molecule has 2 heterocycles. The molecule has 0 aromatic carbocycles. The van der Waals surface area contributed by atoms with E-state index in [2.05, 4.69) is 52.7 Å². The average Bonchev–Trinajstić information content (AvgIpc) is 2.19. The van der Waals surface area contributed by atoms with Crippen molar-refractivity contribution in [3.05, 3.63) is 22.3 Å². The number of hydrogen-bond donors (Lipinski definition) is 0. The van der Waals surface area contributed by atoms with Crippen molar-refractivity contribution in [3.8, 4) is 0 Å². The van der Waals surface area contributed by atoms with Crippen LogP contribution in [0.5, 0.6) is 0 Å². The van der Waals surface area contributed by atoms with Crippen LogP contribution in [0.4, 0.5) is 5.82 Å². The predicted molar refractivity (Wildman–Crippen MR) is 71.9 cm³/mol. The molecule has 3 heteroatoms. The van der Waals surface area contributed by atoms with E-state index in [1.165, 1.54) is 18.4 Å². The van der Waals surface area contributed by atoms with Crippen molar-refractivity contribution in [3.63, 3.8) is 0 Å². The molecule has 1 aromatic rings. The molecule has 2 atom stereocenters. The molecule has 0 spiro atoms. The van der Waals surface area contributed by atoms with Gasteiger partial charge in [-0.05, 0) is 60.2 Å². The number of anilines is 1. The highest BCUT2D eigenvalue weighted by Crippen LogP contribution is 2.31. The molecule has 1 fully saturated rings. The minimum absolute atomic E-state index is 0.593. The average molecular weight is 283 g/mol. The summed E-state index contributed by atoms with van der Waals surface area (Å²) in [5, 5.41) is 0. The number of pyridine rings is 1. The summed E-state index contributed by atoms with van der Waals surface area (Å²) in [6, 6.07) is 2.74. The van der Waals surface area contributed by atoms with Crippen LogP contribution < -0.4 is 4.90 Å². The topological polar surface area (TPSA) is 16.1 Å². The van der Waals surface area contributed by atoms with Crippen LogP contribution in [0, 0.1) is 12.8 Å². The van der Waals surface area contributed by atoms with Crippen LogP contribution in [-0.4, -0.2) is 17.6 Å². The van der Waals surface area contributed by atoms with E-state index in [0.29, 0.717) is 6.04 Å². The highest BCUT2D eigenvalue weighted by atomic mass is 79.9. The molecular weight excluding hydrogens is 264 g/mol. The van der Waals surface area contributed by atoms with Gasteiger partial charge in [-0.1, -0.05) is 6.92 Å². The van der Waals surface area contributed by atoms with Crippen LogP contribution in [-0.2, 0) is 0 Å². The third kappa shape index (κ3) is 2.40. The zero-order valence-corrected chi connectivity index (χ0v) is 11.8. The highest BCUT2D eigenvalue weighted by molar-refractivity contribution is 9.10. The summed E-state index contributed by atoms with van der Waals surface area (Å²) >= 11 is 3.62. The number of rotatable bonds is 1. The van der Waals surface area contributed by atoms with Gasteiger partial charge >= 0.3 is 0 Å². The first-order valence-corrected chi connectivity index (χ1v) is 6.76. The van der Waals surface area contributed by atoms with Crippen LogP contribution in [0.1, 0.15) is 32.3 Å². The van der Waals surface area contributed by atoms with E-state index in [0.717, 1.165) is 22.8 Å². The molecule has 1 aliphatic heterocycles. The molecule has 1 saturated heterocycles. The lowest BCUT2D eigenvalue weighted by Crippen LogP contribution is -2.40. The fourth-order valence-corrected chi connectivity index (χ4v) is 3.15. The molecule has 1 aromatic heterocycles. The van der Waals surface area contributed by atoms with Gasteiger partial charge in [-0.15, -0.1) is 0 Å². The van der Waals surface area contributed by atoms with Gasteiger partial charge in [0.1, 0.15) is 5.82 Å². The second-order valence-electron chi connectivity index (χ2n) is 4.99. The number of halogens is 1. The first-order chi connectivity index (χ1) is 7.58. The quantitative estimate of drug-likeness (QED) is 0.779. The van der Waals surface area contributed by atoms with Crippen molar-refractivity contribution in [1.82, 2.24) is 4.98 Å². The van der Waals surface area contributed by atoms with Crippen molar-refractivity contribution in [2.45, 2.75) is 39.7 Å². The molecule has 1 aliphatic rings. The third-order valence-electron chi connectivity index (χ3n) is 3.37. The van der Waals surface area contributed by atoms with Gasteiger partial charge in [0.05, 0.1) is 4.47 Å². The van der Waals surface area contributed by atoms with Crippen LogP contribution >= 0.6 is 15.9 Å². The molecule has 0 N–H and O–H groups in total. The Morgan fingerprint density at radius 2 is 2.19 bits per heavy atom. The Balaban J connectivity index is 2.23. The molecule has 2 nitrogen and oxygen atoms in total. The minimum Gasteiger partial charge on any atom is -0.353 e. The summed E-state index contributed by atoms with van der Waals surface area (Å²) in [4.78, 5) is 6.98. The van der Waals surface area contributed by atoms with E-state index in [4.69, 9.17) is 0 Å². The summed E-state index contributed by atoms with van der Waals surface area (Å²) in [6.07, 6.45) is 4.49. The smallest absolute Gasteiger partial charge is 0.143 e. The number of piperidine rings is 1. The van der Waals surface area contributed by atoms with Gasteiger partial charge in [0, 0.05) is 18.8 Å². The fraction of sp³-hybridized carbons (Fsp3) is 0.615. The van der Waals surface area contributed by atoms with E-state index in [9.17, 15) is 0 Å². The molecule has 0 aliphatic carbocycles. The van der Waals surface area contributed by atoms with Crippen molar-refractivity contribution < 1.29 is 0 Å². The molecule has 0 bridgehead atoms. The minimum atomic E-state index is 0.593. The molecule has 88 valence electrons. The molecular formula is C13H19BrN2. The van der Waals surface area contributed by atoms with Gasteiger partial charge in [0.25, 0.3) is 0 Å². The molecule has 2 rings (SSSR count). The monoisotopic (exact) mass is 282 g/mol. The Morgan fingerprint density at radius 1 is 1.44 bits per heavy atom. The zero-order chi connectivity index (χ0) is 11.7. The Labute approximate surface area is 106 Å². The van der Waals surface area contributed by atoms with Gasteiger partial charge in [-0.3, -0.25) is 0 Å². The number of hydrogen-bond acceptors (Lipinski definition) is 2. The van der Waals surface area contributed by atoms with Gasteiger partial charge in [0.15, 0.2) is 0 Å². The van der Waals surface area contributed by atoms with E-state index in [1.54, 1.807) is 0 Å². The molecule has 0 saturated carbocycles. The van der Waals surface area contributed by atoms with Crippen LogP contribution in [0.3, 0.4) is 0 Å². The summed E-state index contributed by atoms with van der Waals surface area (Å²) < 4.78 is 1.12. The Kier molecular flexibility index (Phi) is 3.53. The second-order valence-corrected chi connectivity index (χ2v) is 5.84. The van der Waals surface area contributed by atoms with Gasteiger partial charge in [-0.25, -0.2) is 4.98 Å². The standard InChI is InChI=1S/C13H19BrN2/c1-9-4-5-16(11(3)6-9)13-12(14)7-10(2)8-15-13/h7-9,11H,4-6H2,1-3H3. The largest absolute Gasteiger partial charge is 0.353 e. The first kappa shape index (κ1) is 11.9. The van der Waals surface area contributed by atoms with E-state index in [-0.39, 0.29) is 0 Å². The zero-order valence-electron chi connectivity index (χ0n) is 10.2. The van der Waals surface area contributed by atoms with Crippen molar-refractivity contribution >= 4 is 21.7 Å². The number of aromatic nitrogens is 1. The number of aryl methyl sites for hydroxylation is 1. The van der Waals surface area contributed by atoms with Crippen molar-refractivity contribution in [2.75, 3.05) is 11.4 Å². The normalized spacial score (nSPS) is 25.9. The molecule has 16 heavy (non-hydrogen) atoms. The van der Waals surface area contributed by atoms with Gasteiger partial charge in [-0.2, -0.15) is 0 Å². The molecule has 0 amide bonds. The van der Waals surface area contributed by atoms with Crippen molar-refractivity contribution in [2.24, 2.45) is 5.92 Å². The lowest BCUT2D eigenvalue weighted by Gasteiger charge is -2.37. The summed E-state index contributed by atoms with van der Waals surface area (Å²) in [5.41, 5.74) is 1.20. The summed E-state index contributed by atoms with van der Waals surface area (Å²) in [7, 11) is 0. The molecule has 0 radical (unpaired) electrons. The lowest BCUT2D eigenvalue weighted by atomic mass is 9.93. The molecule has 2 unspecified atom stereocenters. The van der Waals surface area contributed by atoms with Gasteiger partial charge in [0.2, 0.25) is 0 Å². The summed E-state index contributed by atoms with van der Waals surface area (Å²) in [6.45, 7) is 7.83. The Bertz CT molecular complexity index is 378. The summed E-state index contributed by atoms with van der Waals surface area (Å²) in [5.74, 6) is 1.94. The first-order valence-electron chi connectivity index (χ1n) is 5.96. The SMILES string of the molecule is Cc1cnc(N2CCC(C)CC2C)c(Br)c1. The van der Waals surface area contributed by atoms with Gasteiger partial charge < -0.3 is 4.90 Å². The predicted octanol–water partition coefficient (Wildman–Crippen LogP) is 3.78. The fourth-order valence-electron chi connectivity index (χ4n) is 2.46. The Hall–Kier alpha value is -0.570. The van der Waals surface area contributed by atoms with Crippen molar-refractivity contribution in [1.29, 1.82) is 0 Å². The maximum atomic E-state index is 4.56. The Morgan fingerprint density at radius 3 is 2.81 bits per heavy atom. The van der Waals surface area contributed by atoms with Crippen LogP contribution in [0.15, 0.2) is 16.7 Å².